The predicted molar refractivity (Wildman–Crippen MR) is 84.3 cm³/mol. The number of hydrogen-bond donors (Lipinski definition) is 2. The van der Waals surface area contributed by atoms with Gasteiger partial charge in [-0.1, -0.05) is 12.1 Å². The molecule has 1 aromatic heterocycles. The molecule has 1 aromatic carbocycles. The summed E-state index contributed by atoms with van der Waals surface area (Å²) < 4.78 is 1.08. The monoisotopic (exact) mass is 289 g/mol. The van der Waals surface area contributed by atoms with Gasteiger partial charge in [-0.2, -0.15) is 0 Å². The van der Waals surface area contributed by atoms with Crippen LogP contribution in [0.2, 0.25) is 0 Å². The van der Waals surface area contributed by atoms with Crippen molar-refractivity contribution in [3.63, 3.8) is 0 Å². The SMILES string of the molecule is Cc1ccc2c(N)c(C(=O)NC3CCN(C)C3)sc2c1. The van der Waals surface area contributed by atoms with Crippen molar-refractivity contribution in [3.8, 4) is 0 Å². The van der Waals surface area contributed by atoms with E-state index in [9.17, 15) is 4.79 Å². The predicted octanol–water partition coefficient (Wildman–Crippen LogP) is 2.23. The number of nitrogens with two attached hydrogens (primary N) is 1. The summed E-state index contributed by atoms with van der Waals surface area (Å²) in [6.07, 6.45) is 1.01. The average Bonchev–Trinajstić information content (AvgIpc) is 2.94. The van der Waals surface area contributed by atoms with Crippen LogP contribution in [0.15, 0.2) is 18.2 Å². The maximum atomic E-state index is 12.4. The maximum absolute atomic E-state index is 12.4. The van der Waals surface area contributed by atoms with Crippen LogP contribution in [0, 0.1) is 6.92 Å². The highest BCUT2D eigenvalue weighted by molar-refractivity contribution is 7.21. The van der Waals surface area contributed by atoms with Gasteiger partial charge in [-0.15, -0.1) is 11.3 Å². The molecular weight excluding hydrogens is 270 g/mol. The summed E-state index contributed by atoms with van der Waals surface area (Å²) in [7, 11) is 2.07. The first kappa shape index (κ1) is 13.4. The summed E-state index contributed by atoms with van der Waals surface area (Å²) >= 11 is 1.48. The third-order valence-corrected chi connectivity index (χ3v) is 4.98. The van der Waals surface area contributed by atoms with E-state index < -0.39 is 0 Å². The van der Waals surface area contributed by atoms with Gasteiger partial charge in [-0.3, -0.25) is 4.79 Å². The maximum Gasteiger partial charge on any atom is 0.263 e. The molecule has 0 spiro atoms. The average molecular weight is 289 g/mol. The molecule has 0 aliphatic carbocycles. The van der Waals surface area contributed by atoms with Crippen molar-refractivity contribution >= 4 is 33.0 Å². The normalized spacial score (nSPS) is 19.6. The zero-order valence-corrected chi connectivity index (χ0v) is 12.6. The Labute approximate surface area is 122 Å². The summed E-state index contributed by atoms with van der Waals surface area (Å²) in [5, 5.41) is 4.07. The number of nitrogens with zero attached hydrogens (tertiary/aromatic N) is 1. The van der Waals surface area contributed by atoms with E-state index in [1.807, 2.05) is 19.1 Å². The Bertz CT molecular complexity index is 664. The minimum absolute atomic E-state index is 0.0401. The summed E-state index contributed by atoms with van der Waals surface area (Å²) in [5.41, 5.74) is 7.92. The number of nitrogens with one attached hydrogen (secondary N) is 1. The lowest BCUT2D eigenvalue weighted by atomic mass is 10.1. The number of likely N-dealkylation sites (tertiary alicyclic amines) is 1. The standard InChI is InChI=1S/C15H19N3OS/c1-9-3-4-11-12(7-9)20-14(13(11)16)15(19)17-10-5-6-18(2)8-10/h3-4,7,10H,5-6,8,16H2,1-2H3,(H,17,19). The molecule has 5 heteroatoms. The molecule has 3 N–H and O–H groups in total. The van der Waals surface area contributed by atoms with E-state index in [1.165, 1.54) is 16.9 Å². The summed E-state index contributed by atoms with van der Waals surface area (Å²) in [6, 6.07) is 6.34. The van der Waals surface area contributed by atoms with Crippen LogP contribution in [0.5, 0.6) is 0 Å². The van der Waals surface area contributed by atoms with Crippen LogP contribution in [0.1, 0.15) is 21.7 Å². The van der Waals surface area contributed by atoms with E-state index in [2.05, 4.69) is 23.3 Å². The topological polar surface area (TPSA) is 58.4 Å². The first-order valence-corrected chi connectivity index (χ1v) is 7.64. The minimum Gasteiger partial charge on any atom is -0.397 e. The van der Waals surface area contributed by atoms with Gasteiger partial charge < -0.3 is 16.0 Å². The molecule has 2 aromatic rings. The van der Waals surface area contributed by atoms with Crippen molar-refractivity contribution < 1.29 is 4.79 Å². The molecule has 1 amide bonds. The molecule has 1 fully saturated rings. The molecule has 1 atom stereocenters. The number of rotatable bonds is 2. The van der Waals surface area contributed by atoms with Crippen molar-refractivity contribution in [1.29, 1.82) is 0 Å². The van der Waals surface area contributed by atoms with Crippen molar-refractivity contribution in [1.82, 2.24) is 10.2 Å². The second kappa shape index (κ2) is 5.07. The molecule has 0 radical (unpaired) electrons. The van der Waals surface area contributed by atoms with Crippen LogP contribution < -0.4 is 11.1 Å². The highest BCUT2D eigenvalue weighted by Crippen LogP contribution is 2.34. The van der Waals surface area contributed by atoms with Gasteiger partial charge in [-0.25, -0.2) is 0 Å². The zero-order valence-electron chi connectivity index (χ0n) is 11.8. The minimum atomic E-state index is -0.0401. The Morgan fingerprint density at radius 1 is 1.50 bits per heavy atom. The van der Waals surface area contributed by atoms with E-state index in [4.69, 9.17) is 5.73 Å². The van der Waals surface area contributed by atoms with E-state index >= 15 is 0 Å². The number of anilines is 1. The zero-order chi connectivity index (χ0) is 14.3. The molecule has 1 unspecified atom stereocenters. The summed E-state index contributed by atoms with van der Waals surface area (Å²) in [6.45, 7) is 3.99. The Balaban J connectivity index is 1.86. The fourth-order valence-electron chi connectivity index (χ4n) is 2.70. The number of benzene rings is 1. The number of thiophene rings is 1. The number of fused-ring (bicyclic) bond motifs is 1. The third kappa shape index (κ3) is 2.39. The smallest absolute Gasteiger partial charge is 0.263 e. The molecule has 1 aliphatic heterocycles. The number of likely N-dealkylation sites (N-methyl/N-ethyl adjacent to an activating group) is 1. The molecule has 0 bridgehead atoms. The lowest BCUT2D eigenvalue weighted by molar-refractivity contribution is 0.0943. The van der Waals surface area contributed by atoms with Gasteiger partial charge in [0.25, 0.3) is 5.91 Å². The first-order valence-electron chi connectivity index (χ1n) is 6.82. The molecular formula is C15H19N3OS. The Morgan fingerprint density at radius 2 is 2.30 bits per heavy atom. The lowest BCUT2D eigenvalue weighted by Crippen LogP contribution is -2.36. The number of amides is 1. The van der Waals surface area contributed by atoms with Crippen molar-refractivity contribution in [2.75, 3.05) is 25.9 Å². The van der Waals surface area contributed by atoms with Gasteiger partial charge >= 0.3 is 0 Å². The quantitative estimate of drug-likeness (QED) is 0.891. The Hall–Kier alpha value is -1.59. The lowest BCUT2D eigenvalue weighted by Gasteiger charge is -2.12. The van der Waals surface area contributed by atoms with Crippen LogP contribution in [-0.4, -0.2) is 37.0 Å². The van der Waals surface area contributed by atoms with Gasteiger partial charge in [0.15, 0.2) is 0 Å². The summed E-state index contributed by atoms with van der Waals surface area (Å²) in [5.74, 6) is -0.0401. The molecule has 20 heavy (non-hydrogen) atoms. The second-order valence-electron chi connectivity index (χ2n) is 5.57. The molecule has 1 aliphatic rings. The molecule has 4 nitrogen and oxygen atoms in total. The molecule has 0 saturated carbocycles. The van der Waals surface area contributed by atoms with E-state index in [1.54, 1.807) is 0 Å². The van der Waals surface area contributed by atoms with Crippen LogP contribution >= 0.6 is 11.3 Å². The number of carbonyl (C=O) groups is 1. The fourth-order valence-corrected chi connectivity index (χ4v) is 3.82. The van der Waals surface area contributed by atoms with Crippen LogP contribution in [-0.2, 0) is 0 Å². The van der Waals surface area contributed by atoms with Gasteiger partial charge in [0.05, 0.1) is 5.69 Å². The van der Waals surface area contributed by atoms with Crippen molar-refractivity contribution in [2.24, 2.45) is 0 Å². The van der Waals surface area contributed by atoms with E-state index in [0.29, 0.717) is 10.6 Å². The number of hydrogen-bond acceptors (Lipinski definition) is 4. The molecule has 2 heterocycles. The first-order chi connectivity index (χ1) is 9.54. The third-order valence-electron chi connectivity index (χ3n) is 3.82. The van der Waals surface area contributed by atoms with Crippen LogP contribution in [0.4, 0.5) is 5.69 Å². The van der Waals surface area contributed by atoms with Gasteiger partial charge in [0.1, 0.15) is 4.88 Å². The van der Waals surface area contributed by atoms with Gasteiger partial charge in [0, 0.05) is 22.7 Å². The number of aryl methyl sites for hydroxylation is 1. The highest BCUT2D eigenvalue weighted by Gasteiger charge is 2.24. The summed E-state index contributed by atoms with van der Waals surface area (Å²) in [4.78, 5) is 15.2. The fraction of sp³-hybridized carbons (Fsp3) is 0.400. The molecule has 1 saturated heterocycles. The van der Waals surface area contributed by atoms with Crippen LogP contribution in [0.25, 0.3) is 10.1 Å². The second-order valence-corrected chi connectivity index (χ2v) is 6.62. The van der Waals surface area contributed by atoms with Gasteiger partial charge in [0.2, 0.25) is 0 Å². The van der Waals surface area contributed by atoms with Gasteiger partial charge in [-0.05, 0) is 38.6 Å². The van der Waals surface area contributed by atoms with E-state index in [-0.39, 0.29) is 11.9 Å². The van der Waals surface area contributed by atoms with Crippen molar-refractivity contribution in [3.05, 3.63) is 28.6 Å². The Kier molecular flexibility index (Phi) is 3.40. The van der Waals surface area contributed by atoms with Crippen LogP contribution in [0.3, 0.4) is 0 Å². The molecule has 3 rings (SSSR count). The van der Waals surface area contributed by atoms with E-state index in [0.717, 1.165) is 29.6 Å². The number of nitrogen functional groups attached to an aromatic ring is 1. The van der Waals surface area contributed by atoms with Crippen molar-refractivity contribution in [2.45, 2.75) is 19.4 Å². The molecule has 106 valence electrons. The number of carbonyl (C=O) groups excluding carboxylic acids is 1. The Morgan fingerprint density at radius 3 is 3.00 bits per heavy atom. The highest BCUT2D eigenvalue weighted by atomic mass is 32.1. The largest absolute Gasteiger partial charge is 0.397 e.